The second-order valence-corrected chi connectivity index (χ2v) is 8.59. The summed E-state index contributed by atoms with van der Waals surface area (Å²) in [6, 6.07) is 13.5. The number of hydrogen-bond acceptors (Lipinski definition) is 4. The number of benzene rings is 2. The number of rotatable bonds is 6. The van der Waals surface area contributed by atoms with Crippen molar-refractivity contribution < 1.29 is 9.59 Å². The van der Waals surface area contributed by atoms with E-state index >= 15 is 0 Å². The number of aromatic nitrogens is 2. The monoisotopic (exact) mass is 446 g/mol. The maximum atomic E-state index is 12.9. The molecule has 7 nitrogen and oxygen atoms in total. The minimum atomic E-state index is -0.817. The fourth-order valence-electron chi connectivity index (χ4n) is 3.28. The summed E-state index contributed by atoms with van der Waals surface area (Å²) in [4.78, 5) is 37.6. The Morgan fingerprint density at radius 3 is 2.24 bits per heavy atom. The molecular formula is C26H30N4O3. The molecule has 2 aromatic carbocycles. The molecule has 3 aromatic rings. The number of nitrogens with one attached hydrogen (secondary N) is 2. The number of nitrogens with zero attached hydrogens (tertiary/aromatic N) is 2. The smallest absolute Gasteiger partial charge is 0.267 e. The summed E-state index contributed by atoms with van der Waals surface area (Å²) in [5, 5.41) is 10.3. The van der Waals surface area contributed by atoms with Crippen molar-refractivity contribution in [2.24, 2.45) is 5.92 Å². The Hall–Kier alpha value is -3.74. The van der Waals surface area contributed by atoms with Crippen LogP contribution in [0.15, 0.2) is 53.3 Å². The predicted octanol–water partition coefficient (Wildman–Crippen LogP) is 4.63. The average molecular weight is 447 g/mol. The number of carbonyl (C=O) groups excluding carboxylic acids is 2. The van der Waals surface area contributed by atoms with Crippen molar-refractivity contribution in [1.82, 2.24) is 9.78 Å². The zero-order valence-electron chi connectivity index (χ0n) is 19.9. The van der Waals surface area contributed by atoms with Crippen LogP contribution in [-0.4, -0.2) is 21.6 Å². The van der Waals surface area contributed by atoms with Gasteiger partial charge in [0.25, 0.3) is 5.56 Å². The van der Waals surface area contributed by atoms with Crippen LogP contribution in [0.3, 0.4) is 0 Å². The Balaban J connectivity index is 1.90. The van der Waals surface area contributed by atoms with Gasteiger partial charge in [0.05, 0.1) is 5.69 Å². The summed E-state index contributed by atoms with van der Waals surface area (Å²) in [7, 11) is 0. The topological polar surface area (TPSA) is 93.1 Å². The first-order chi connectivity index (χ1) is 15.6. The lowest BCUT2D eigenvalue weighted by molar-refractivity contribution is -0.119. The standard InChI is InChI=1S/C26H30N4O3/c1-15(2)25(32)28-23-14-20(11-10-17(23)4)22-12-13-24(31)30(29-22)19(6)26(33)27-21-9-7-8-16(3)18(21)5/h7-15,19H,1-6H3,(H,27,33)(H,28,32). The zero-order valence-corrected chi connectivity index (χ0v) is 19.9. The van der Waals surface area contributed by atoms with Gasteiger partial charge in [0.1, 0.15) is 6.04 Å². The van der Waals surface area contributed by atoms with Crippen molar-refractivity contribution in [3.05, 3.63) is 75.6 Å². The van der Waals surface area contributed by atoms with Gasteiger partial charge in [0.2, 0.25) is 11.8 Å². The average Bonchev–Trinajstić information content (AvgIpc) is 2.78. The van der Waals surface area contributed by atoms with E-state index in [9.17, 15) is 14.4 Å². The fraction of sp³-hybridized carbons (Fsp3) is 0.308. The van der Waals surface area contributed by atoms with Gasteiger partial charge in [-0.05, 0) is 62.6 Å². The van der Waals surface area contributed by atoms with Crippen LogP contribution in [0.2, 0.25) is 0 Å². The first-order valence-electron chi connectivity index (χ1n) is 11.0. The van der Waals surface area contributed by atoms with E-state index in [1.165, 1.54) is 10.7 Å². The molecule has 1 atom stereocenters. The molecule has 2 N–H and O–H groups in total. The van der Waals surface area contributed by atoms with Crippen LogP contribution in [0.1, 0.15) is 43.5 Å². The van der Waals surface area contributed by atoms with Crippen molar-refractivity contribution in [2.75, 3.05) is 10.6 Å². The molecule has 7 heteroatoms. The van der Waals surface area contributed by atoms with E-state index in [1.54, 1.807) is 13.0 Å². The van der Waals surface area contributed by atoms with Gasteiger partial charge in [-0.15, -0.1) is 0 Å². The number of amides is 2. The molecule has 0 saturated heterocycles. The lowest BCUT2D eigenvalue weighted by Crippen LogP contribution is -2.33. The minimum absolute atomic E-state index is 0.0788. The number of aryl methyl sites for hydroxylation is 2. The lowest BCUT2D eigenvalue weighted by Gasteiger charge is -2.17. The molecule has 1 heterocycles. The van der Waals surface area contributed by atoms with Crippen molar-refractivity contribution in [3.63, 3.8) is 0 Å². The molecule has 3 rings (SSSR count). The van der Waals surface area contributed by atoms with Gasteiger partial charge in [-0.2, -0.15) is 5.10 Å². The van der Waals surface area contributed by atoms with Crippen molar-refractivity contribution in [3.8, 4) is 11.3 Å². The Labute approximate surface area is 193 Å². The Kier molecular flexibility index (Phi) is 7.11. The number of carbonyl (C=O) groups is 2. The Morgan fingerprint density at radius 1 is 0.848 bits per heavy atom. The van der Waals surface area contributed by atoms with Crippen molar-refractivity contribution in [2.45, 2.75) is 47.6 Å². The molecule has 0 spiro atoms. The normalized spacial score (nSPS) is 11.8. The van der Waals surface area contributed by atoms with Gasteiger partial charge < -0.3 is 10.6 Å². The highest BCUT2D eigenvalue weighted by Crippen LogP contribution is 2.25. The van der Waals surface area contributed by atoms with Gasteiger partial charge >= 0.3 is 0 Å². The SMILES string of the molecule is Cc1ccc(-c2ccc(=O)n(C(C)C(=O)Nc3cccc(C)c3C)n2)cc1NC(=O)C(C)C. The van der Waals surface area contributed by atoms with Crippen LogP contribution in [-0.2, 0) is 9.59 Å². The fourth-order valence-corrected chi connectivity index (χ4v) is 3.28. The van der Waals surface area contributed by atoms with Gasteiger partial charge in [0, 0.05) is 28.9 Å². The van der Waals surface area contributed by atoms with E-state index in [-0.39, 0.29) is 23.3 Å². The molecule has 0 fully saturated rings. The lowest BCUT2D eigenvalue weighted by atomic mass is 10.1. The summed E-state index contributed by atoms with van der Waals surface area (Å²) in [6.45, 7) is 11.1. The molecule has 0 aliphatic rings. The third kappa shape index (κ3) is 5.37. The molecule has 1 unspecified atom stereocenters. The molecule has 0 bridgehead atoms. The molecule has 33 heavy (non-hydrogen) atoms. The van der Waals surface area contributed by atoms with E-state index in [0.29, 0.717) is 17.1 Å². The number of hydrogen-bond donors (Lipinski definition) is 2. The molecule has 0 radical (unpaired) electrons. The minimum Gasteiger partial charge on any atom is -0.326 e. The van der Waals surface area contributed by atoms with Gasteiger partial charge in [-0.3, -0.25) is 14.4 Å². The van der Waals surface area contributed by atoms with E-state index in [2.05, 4.69) is 15.7 Å². The highest BCUT2D eigenvalue weighted by atomic mass is 16.2. The van der Waals surface area contributed by atoms with E-state index in [0.717, 1.165) is 22.3 Å². The molecule has 172 valence electrons. The largest absolute Gasteiger partial charge is 0.326 e. The van der Waals surface area contributed by atoms with E-state index < -0.39 is 6.04 Å². The second kappa shape index (κ2) is 9.81. The van der Waals surface area contributed by atoms with E-state index in [4.69, 9.17) is 0 Å². The first kappa shape index (κ1) is 23.9. The zero-order chi connectivity index (χ0) is 24.3. The third-order valence-corrected chi connectivity index (χ3v) is 5.75. The van der Waals surface area contributed by atoms with Crippen LogP contribution in [0.4, 0.5) is 11.4 Å². The predicted molar refractivity (Wildman–Crippen MR) is 131 cm³/mol. The summed E-state index contributed by atoms with van der Waals surface area (Å²) in [5.74, 6) is -0.557. The summed E-state index contributed by atoms with van der Waals surface area (Å²) in [6.07, 6.45) is 0. The summed E-state index contributed by atoms with van der Waals surface area (Å²) in [5.41, 5.74) is 5.24. The Morgan fingerprint density at radius 2 is 1.55 bits per heavy atom. The maximum Gasteiger partial charge on any atom is 0.267 e. The highest BCUT2D eigenvalue weighted by Gasteiger charge is 2.19. The third-order valence-electron chi connectivity index (χ3n) is 5.75. The second-order valence-electron chi connectivity index (χ2n) is 8.59. The van der Waals surface area contributed by atoms with Crippen LogP contribution in [0, 0.1) is 26.7 Å². The van der Waals surface area contributed by atoms with E-state index in [1.807, 2.05) is 71.0 Å². The molecular weight excluding hydrogens is 416 g/mol. The first-order valence-corrected chi connectivity index (χ1v) is 11.0. The summed E-state index contributed by atoms with van der Waals surface area (Å²) >= 11 is 0. The van der Waals surface area contributed by atoms with Crippen LogP contribution in [0.25, 0.3) is 11.3 Å². The van der Waals surface area contributed by atoms with Crippen LogP contribution in [0.5, 0.6) is 0 Å². The van der Waals surface area contributed by atoms with Gasteiger partial charge in [-0.25, -0.2) is 4.68 Å². The molecule has 1 aromatic heterocycles. The van der Waals surface area contributed by atoms with Crippen LogP contribution >= 0.6 is 0 Å². The Bertz CT molecular complexity index is 1260. The highest BCUT2D eigenvalue weighted by molar-refractivity contribution is 5.94. The van der Waals surface area contributed by atoms with Gasteiger partial charge in [0.15, 0.2) is 0 Å². The van der Waals surface area contributed by atoms with Gasteiger partial charge in [-0.1, -0.05) is 38.1 Å². The quantitative estimate of drug-likeness (QED) is 0.577. The molecule has 0 aliphatic carbocycles. The number of anilines is 2. The van der Waals surface area contributed by atoms with Crippen molar-refractivity contribution >= 4 is 23.2 Å². The maximum absolute atomic E-state index is 12.9. The molecule has 2 amide bonds. The molecule has 0 aliphatic heterocycles. The molecule has 0 saturated carbocycles. The summed E-state index contributed by atoms with van der Waals surface area (Å²) < 4.78 is 1.18. The van der Waals surface area contributed by atoms with Crippen LogP contribution < -0.4 is 16.2 Å². The van der Waals surface area contributed by atoms with Crippen molar-refractivity contribution in [1.29, 1.82) is 0 Å².